The second-order valence-corrected chi connectivity index (χ2v) is 6.70. The minimum Gasteiger partial charge on any atom is -0.353 e. The summed E-state index contributed by atoms with van der Waals surface area (Å²) in [6, 6.07) is 7.61. The van der Waals surface area contributed by atoms with Crippen LogP contribution in [0.15, 0.2) is 34.9 Å². The van der Waals surface area contributed by atoms with Gasteiger partial charge < -0.3 is 9.84 Å². The molecule has 0 atom stereocenters. The van der Waals surface area contributed by atoms with Crippen LogP contribution in [0.4, 0.5) is 0 Å². The van der Waals surface area contributed by atoms with Crippen LogP contribution in [0.5, 0.6) is 0 Å². The molecular formula is C18H23N3O2. The van der Waals surface area contributed by atoms with E-state index in [-0.39, 0.29) is 11.3 Å². The molecule has 0 fully saturated rings. The molecule has 0 bridgehead atoms. The predicted octanol–water partition coefficient (Wildman–Crippen LogP) is 3.61. The van der Waals surface area contributed by atoms with Crippen molar-refractivity contribution in [3.8, 4) is 11.5 Å². The molecule has 0 radical (unpaired) electrons. The van der Waals surface area contributed by atoms with Gasteiger partial charge in [0.15, 0.2) is 5.82 Å². The summed E-state index contributed by atoms with van der Waals surface area (Å²) >= 11 is 0. The number of carbonyl (C=O) groups excluding carboxylic acids is 1. The van der Waals surface area contributed by atoms with Crippen LogP contribution >= 0.6 is 0 Å². The molecule has 23 heavy (non-hydrogen) atoms. The Morgan fingerprint density at radius 2 is 1.96 bits per heavy atom. The van der Waals surface area contributed by atoms with Gasteiger partial charge >= 0.3 is 0 Å². The summed E-state index contributed by atoms with van der Waals surface area (Å²) in [5, 5.41) is 6.66. The fraction of sp³-hybridized carbons (Fsp3) is 0.389. The molecule has 1 aromatic heterocycles. The fourth-order valence-corrected chi connectivity index (χ4v) is 1.94. The molecule has 2 aromatic rings. The summed E-state index contributed by atoms with van der Waals surface area (Å²) in [5.74, 6) is 1.03. The van der Waals surface area contributed by atoms with Gasteiger partial charge in [-0.05, 0) is 42.5 Å². The minimum atomic E-state index is -0.0779. The molecule has 2 rings (SSSR count). The second-order valence-electron chi connectivity index (χ2n) is 6.70. The molecule has 1 aromatic carbocycles. The average Bonchev–Trinajstić information content (AvgIpc) is 2.91. The maximum Gasteiger partial charge on any atom is 0.257 e. The summed E-state index contributed by atoms with van der Waals surface area (Å²) in [5.41, 5.74) is 2.02. The van der Waals surface area contributed by atoms with Crippen molar-refractivity contribution in [2.75, 3.05) is 6.54 Å². The van der Waals surface area contributed by atoms with E-state index in [2.05, 4.69) is 36.2 Å². The summed E-state index contributed by atoms with van der Waals surface area (Å²) in [4.78, 5) is 15.9. The lowest BCUT2D eigenvalue weighted by Crippen LogP contribution is -2.25. The first-order valence-corrected chi connectivity index (χ1v) is 7.70. The zero-order chi connectivity index (χ0) is 16.9. The van der Waals surface area contributed by atoms with Crippen molar-refractivity contribution in [2.24, 2.45) is 5.41 Å². The highest BCUT2D eigenvalue weighted by atomic mass is 16.5. The van der Waals surface area contributed by atoms with Gasteiger partial charge in [-0.2, -0.15) is 4.98 Å². The molecule has 0 unspecified atom stereocenters. The SMILES string of the molecule is Cc1noc(-c2ccc(/C=C/C(=O)NCCC(C)(C)C)cc2)n1. The van der Waals surface area contributed by atoms with E-state index >= 15 is 0 Å². The molecule has 1 N–H and O–H groups in total. The lowest BCUT2D eigenvalue weighted by atomic mass is 9.92. The number of benzene rings is 1. The van der Waals surface area contributed by atoms with E-state index < -0.39 is 0 Å². The van der Waals surface area contributed by atoms with E-state index in [0.717, 1.165) is 17.5 Å². The Hall–Kier alpha value is -2.43. The van der Waals surface area contributed by atoms with Gasteiger partial charge in [0, 0.05) is 18.2 Å². The molecule has 5 nitrogen and oxygen atoms in total. The zero-order valence-corrected chi connectivity index (χ0v) is 14.1. The van der Waals surface area contributed by atoms with Crippen LogP contribution in [0.2, 0.25) is 0 Å². The molecule has 122 valence electrons. The van der Waals surface area contributed by atoms with E-state index in [9.17, 15) is 4.79 Å². The van der Waals surface area contributed by atoms with Crippen LogP contribution in [0.1, 0.15) is 38.6 Å². The Morgan fingerprint density at radius 1 is 1.26 bits per heavy atom. The topological polar surface area (TPSA) is 68.0 Å². The Morgan fingerprint density at radius 3 is 2.52 bits per heavy atom. The van der Waals surface area contributed by atoms with Crippen LogP contribution in [-0.2, 0) is 4.79 Å². The maximum atomic E-state index is 11.8. The van der Waals surface area contributed by atoms with Gasteiger partial charge in [-0.15, -0.1) is 0 Å². The van der Waals surface area contributed by atoms with Gasteiger partial charge in [0.1, 0.15) is 0 Å². The smallest absolute Gasteiger partial charge is 0.257 e. The molecule has 0 saturated carbocycles. The summed E-state index contributed by atoms with van der Waals surface area (Å²) in [6.07, 6.45) is 4.29. The van der Waals surface area contributed by atoms with Gasteiger partial charge in [-0.1, -0.05) is 38.1 Å². The summed E-state index contributed by atoms with van der Waals surface area (Å²) < 4.78 is 5.12. The Bertz CT molecular complexity index is 679. The molecule has 1 heterocycles. The summed E-state index contributed by atoms with van der Waals surface area (Å²) in [6.45, 7) is 8.93. The van der Waals surface area contributed by atoms with Crippen LogP contribution < -0.4 is 5.32 Å². The third-order valence-electron chi connectivity index (χ3n) is 3.29. The lowest BCUT2D eigenvalue weighted by Gasteiger charge is -2.17. The molecule has 0 aliphatic carbocycles. The van der Waals surface area contributed by atoms with Gasteiger partial charge in [-0.3, -0.25) is 4.79 Å². The normalized spacial score (nSPS) is 11.8. The van der Waals surface area contributed by atoms with Crippen molar-refractivity contribution in [3.05, 3.63) is 41.7 Å². The van der Waals surface area contributed by atoms with Crippen molar-refractivity contribution in [3.63, 3.8) is 0 Å². The van der Waals surface area contributed by atoms with Crippen LogP contribution in [0, 0.1) is 12.3 Å². The number of aromatic nitrogens is 2. The largest absolute Gasteiger partial charge is 0.353 e. The van der Waals surface area contributed by atoms with Gasteiger partial charge in [0.2, 0.25) is 5.91 Å². The Kier molecular flexibility index (Phi) is 5.32. The Labute approximate surface area is 136 Å². The molecule has 0 aliphatic heterocycles. The number of hydrogen-bond acceptors (Lipinski definition) is 4. The van der Waals surface area contributed by atoms with Gasteiger partial charge in [-0.25, -0.2) is 0 Å². The number of aryl methyl sites for hydroxylation is 1. The summed E-state index contributed by atoms with van der Waals surface area (Å²) in [7, 11) is 0. The second kappa shape index (κ2) is 7.22. The van der Waals surface area contributed by atoms with Crippen molar-refractivity contribution >= 4 is 12.0 Å². The first-order chi connectivity index (χ1) is 10.8. The highest BCUT2D eigenvalue weighted by molar-refractivity contribution is 5.91. The molecular weight excluding hydrogens is 290 g/mol. The maximum absolute atomic E-state index is 11.8. The van der Waals surface area contributed by atoms with E-state index in [1.807, 2.05) is 24.3 Å². The molecule has 0 aliphatic rings. The van der Waals surface area contributed by atoms with E-state index in [0.29, 0.717) is 18.3 Å². The number of hydrogen-bond donors (Lipinski definition) is 1. The third kappa shape index (κ3) is 5.70. The monoisotopic (exact) mass is 313 g/mol. The fourth-order valence-electron chi connectivity index (χ4n) is 1.94. The predicted molar refractivity (Wildman–Crippen MR) is 90.6 cm³/mol. The van der Waals surface area contributed by atoms with Gasteiger partial charge in [0.25, 0.3) is 5.89 Å². The lowest BCUT2D eigenvalue weighted by molar-refractivity contribution is -0.116. The average molecular weight is 313 g/mol. The quantitative estimate of drug-likeness (QED) is 0.856. The molecule has 0 saturated heterocycles. The number of rotatable bonds is 5. The van der Waals surface area contributed by atoms with Crippen molar-refractivity contribution < 1.29 is 9.32 Å². The first kappa shape index (κ1) is 16.9. The van der Waals surface area contributed by atoms with E-state index in [1.165, 1.54) is 0 Å². The number of amides is 1. The van der Waals surface area contributed by atoms with Crippen LogP contribution in [0.25, 0.3) is 17.5 Å². The van der Waals surface area contributed by atoms with E-state index in [4.69, 9.17) is 4.52 Å². The van der Waals surface area contributed by atoms with Crippen molar-refractivity contribution in [1.82, 2.24) is 15.5 Å². The first-order valence-electron chi connectivity index (χ1n) is 7.70. The number of carbonyl (C=O) groups is 1. The third-order valence-corrected chi connectivity index (χ3v) is 3.29. The zero-order valence-electron chi connectivity index (χ0n) is 14.1. The van der Waals surface area contributed by atoms with Crippen LogP contribution in [0.3, 0.4) is 0 Å². The Balaban J connectivity index is 1.89. The number of nitrogens with one attached hydrogen (secondary N) is 1. The molecule has 1 amide bonds. The van der Waals surface area contributed by atoms with Crippen molar-refractivity contribution in [2.45, 2.75) is 34.1 Å². The van der Waals surface area contributed by atoms with Gasteiger partial charge in [0.05, 0.1) is 0 Å². The van der Waals surface area contributed by atoms with Crippen LogP contribution in [-0.4, -0.2) is 22.6 Å². The highest BCUT2D eigenvalue weighted by Crippen LogP contribution is 2.18. The van der Waals surface area contributed by atoms with E-state index in [1.54, 1.807) is 19.1 Å². The van der Waals surface area contributed by atoms with Crippen molar-refractivity contribution in [1.29, 1.82) is 0 Å². The number of nitrogens with zero attached hydrogens (tertiary/aromatic N) is 2. The standard InChI is InChI=1S/C18H23N3O2/c1-13-20-17(23-21-13)15-8-5-14(6-9-15)7-10-16(22)19-12-11-18(2,3)4/h5-10H,11-12H2,1-4H3,(H,19,22)/b10-7+. The minimum absolute atomic E-state index is 0.0779. The highest BCUT2D eigenvalue weighted by Gasteiger charge is 2.09. The molecule has 0 spiro atoms. The molecule has 5 heteroatoms.